The van der Waals surface area contributed by atoms with Crippen molar-refractivity contribution in [1.82, 2.24) is 8.75 Å². The lowest BCUT2D eigenvalue weighted by Crippen LogP contribution is -2.39. The molecule has 1 fully saturated rings. The molecule has 0 aliphatic carbocycles. The highest BCUT2D eigenvalue weighted by Crippen LogP contribution is 2.29. The molecule has 0 bridgehead atoms. The Labute approximate surface area is 93.4 Å². The van der Waals surface area contributed by atoms with E-state index in [4.69, 9.17) is 11.6 Å². The molecule has 5 heteroatoms. The second kappa shape index (κ2) is 4.03. The van der Waals surface area contributed by atoms with E-state index < -0.39 is 0 Å². The second-order valence-electron chi connectivity index (χ2n) is 4.23. The summed E-state index contributed by atoms with van der Waals surface area (Å²) in [6, 6.07) is 0. The highest BCUT2D eigenvalue weighted by Gasteiger charge is 2.25. The predicted octanol–water partition coefficient (Wildman–Crippen LogP) is 2.67. The Morgan fingerprint density at radius 3 is 2.43 bits per heavy atom. The number of nitrogens with zero attached hydrogens (tertiary/aromatic N) is 3. The fourth-order valence-corrected chi connectivity index (χ4v) is 2.98. The largest absolute Gasteiger partial charge is 0.353 e. The van der Waals surface area contributed by atoms with Crippen LogP contribution in [0, 0.1) is 11.8 Å². The molecule has 1 saturated heterocycles. The van der Waals surface area contributed by atoms with Crippen molar-refractivity contribution in [2.45, 2.75) is 20.3 Å². The maximum absolute atomic E-state index is 5.96. The molecule has 0 spiro atoms. The molecule has 0 amide bonds. The van der Waals surface area contributed by atoms with Crippen LogP contribution in [0.2, 0.25) is 5.15 Å². The van der Waals surface area contributed by atoms with Crippen molar-refractivity contribution in [1.29, 1.82) is 0 Å². The zero-order valence-corrected chi connectivity index (χ0v) is 9.98. The fourth-order valence-electron chi connectivity index (χ4n) is 2.20. The minimum Gasteiger partial charge on any atom is -0.353 e. The average molecular weight is 232 g/mol. The van der Waals surface area contributed by atoms with Gasteiger partial charge >= 0.3 is 0 Å². The van der Waals surface area contributed by atoms with Gasteiger partial charge in [0.25, 0.3) is 0 Å². The monoisotopic (exact) mass is 231 g/mol. The fraction of sp³-hybridized carbons (Fsp3) is 0.778. The van der Waals surface area contributed by atoms with E-state index in [0.717, 1.165) is 30.7 Å². The van der Waals surface area contributed by atoms with Crippen LogP contribution < -0.4 is 4.90 Å². The van der Waals surface area contributed by atoms with Gasteiger partial charge in [0.2, 0.25) is 0 Å². The molecule has 0 radical (unpaired) electrons. The van der Waals surface area contributed by atoms with Gasteiger partial charge in [0.1, 0.15) is 0 Å². The lowest BCUT2D eigenvalue weighted by atomic mass is 9.92. The molecule has 0 N–H and O–H groups in total. The number of halogens is 1. The van der Waals surface area contributed by atoms with Crippen LogP contribution in [0.15, 0.2) is 0 Å². The highest BCUT2D eigenvalue weighted by atomic mass is 35.5. The Bertz CT molecular complexity index is 305. The molecule has 14 heavy (non-hydrogen) atoms. The van der Waals surface area contributed by atoms with Crippen LogP contribution in [0.5, 0.6) is 0 Å². The first-order valence-electron chi connectivity index (χ1n) is 4.90. The van der Waals surface area contributed by atoms with Crippen molar-refractivity contribution in [2.75, 3.05) is 18.0 Å². The number of aromatic nitrogens is 2. The smallest absolute Gasteiger partial charge is 0.187 e. The molecule has 0 saturated carbocycles. The molecular formula is C9H14ClN3S. The zero-order chi connectivity index (χ0) is 10.1. The van der Waals surface area contributed by atoms with E-state index in [1.165, 1.54) is 18.1 Å². The Kier molecular flexibility index (Phi) is 2.93. The van der Waals surface area contributed by atoms with Crippen LogP contribution in [-0.4, -0.2) is 21.8 Å². The van der Waals surface area contributed by atoms with E-state index in [0.29, 0.717) is 5.15 Å². The summed E-state index contributed by atoms with van der Waals surface area (Å²) in [6.07, 6.45) is 1.30. The van der Waals surface area contributed by atoms with Crippen molar-refractivity contribution in [3.05, 3.63) is 5.15 Å². The van der Waals surface area contributed by atoms with Crippen molar-refractivity contribution in [3.8, 4) is 0 Å². The Morgan fingerprint density at radius 1 is 1.29 bits per heavy atom. The van der Waals surface area contributed by atoms with Gasteiger partial charge in [-0.05, 0) is 18.3 Å². The first-order chi connectivity index (χ1) is 6.66. The van der Waals surface area contributed by atoms with E-state index in [1.807, 2.05) is 0 Å². The molecule has 1 aliphatic rings. The van der Waals surface area contributed by atoms with E-state index in [9.17, 15) is 0 Å². The maximum Gasteiger partial charge on any atom is 0.187 e. The summed E-state index contributed by atoms with van der Waals surface area (Å²) in [7, 11) is 0. The summed E-state index contributed by atoms with van der Waals surface area (Å²) < 4.78 is 8.23. The Balaban J connectivity index is 2.15. The molecule has 78 valence electrons. The molecule has 1 aromatic rings. The van der Waals surface area contributed by atoms with Gasteiger partial charge in [-0.2, -0.15) is 8.75 Å². The van der Waals surface area contributed by atoms with Crippen LogP contribution in [0.4, 0.5) is 5.82 Å². The second-order valence-corrected chi connectivity index (χ2v) is 5.12. The van der Waals surface area contributed by atoms with Gasteiger partial charge in [-0.25, -0.2) is 0 Å². The highest BCUT2D eigenvalue weighted by molar-refractivity contribution is 6.99. The third kappa shape index (κ3) is 2.01. The van der Waals surface area contributed by atoms with Gasteiger partial charge in [0.05, 0.1) is 11.7 Å². The van der Waals surface area contributed by atoms with Gasteiger partial charge < -0.3 is 4.90 Å². The molecule has 0 aromatic carbocycles. The van der Waals surface area contributed by atoms with Gasteiger partial charge in [0, 0.05) is 13.1 Å². The molecule has 2 heterocycles. The molecule has 0 unspecified atom stereocenters. The van der Waals surface area contributed by atoms with Gasteiger partial charge in [-0.3, -0.25) is 0 Å². The summed E-state index contributed by atoms with van der Waals surface area (Å²) in [5.74, 6) is 2.31. The van der Waals surface area contributed by atoms with Crippen LogP contribution >= 0.6 is 23.3 Å². The summed E-state index contributed by atoms with van der Waals surface area (Å²) in [5.41, 5.74) is 0. The first-order valence-corrected chi connectivity index (χ1v) is 6.00. The zero-order valence-electron chi connectivity index (χ0n) is 8.40. The van der Waals surface area contributed by atoms with E-state index in [2.05, 4.69) is 27.5 Å². The van der Waals surface area contributed by atoms with Crippen LogP contribution in [0.1, 0.15) is 20.3 Å². The van der Waals surface area contributed by atoms with Crippen molar-refractivity contribution < 1.29 is 0 Å². The van der Waals surface area contributed by atoms with Gasteiger partial charge in [-0.15, -0.1) is 0 Å². The lowest BCUT2D eigenvalue weighted by molar-refractivity contribution is 0.355. The van der Waals surface area contributed by atoms with Gasteiger partial charge in [-0.1, -0.05) is 25.4 Å². The topological polar surface area (TPSA) is 29.0 Å². The van der Waals surface area contributed by atoms with Crippen molar-refractivity contribution >= 4 is 29.1 Å². The molecular weight excluding hydrogens is 218 g/mol. The summed E-state index contributed by atoms with van der Waals surface area (Å²) >= 11 is 7.15. The number of rotatable bonds is 1. The van der Waals surface area contributed by atoms with Crippen LogP contribution in [0.25, 0.3) is 0 Å². The minimum atomic E-state index is 0.552. The number of anilines is 1. The Morgan fingerprint density at radius 2 is 1.93 bits per heavy atom. The standard InChI is InChI=1S/C9H14ClN3S/c1-6-3-7(2)5-13(4-6)9-8(10)11-14-12-9/h6-7H,3-5H2,1-2H3/t6-,7+. The van der Waals surface area contributed by atoms with E-state index in [-0.39, 0.29) is 0 Å². The summed E-state index contributed by atoms with van der Waals surface area (Å²) in [4.78, 5) is 2.25. The SMILES string of the molecule is C[C@@H]1C[C@H](C)CN(c2nsnc2Cl)C1. The number of piperidine rings is 1. The minimum absolute atomic E-state index is 0.552. The van der Waals surface area contributed by atoms with Crippen molar-refractivity contribution in [2.24, 2.45) is 11.8 Å². The quantitative estimate of drug-likeness (QED) is 0.744. The number of hydrogen-bond donors (Lipinski definition) is 0. The van der Waals surface area contributed by atoms with Crippen LogP contribution in [0.3, 0.4) is 0 Å². The molecule has 1 aliphatic heterocycles. The number of hydrogen-bond acceptors (Lipinski definition) is 4. The van der Waals surface area contributed by atoms with Crippen LogP contribution in [-0.2, 0) is 0 Å². The summed E-state index contributed by atoms with van der Waals surface area (Å²) in [5, 5.41) is 0.552. The lowest BCUT2D eigenvalue weighted by Gasteiger charge is -2.34. The molecule has 3 nitrogen and oxygen atoms in total. The summed E-state index contributed by atoms with van der Waals surface area (Å²) in [6.45, 7) is 6.65. The predicted molar refractivity (Wildman–Crippen MR) is 60.1 cm³/mol. The molecule has 2 atom stereocenters. The third-order valence-corrected chi connectivity index (χ3v) is 3.47. The normalized spacial score (nSPS) is 28.1. The van der Waals surface area contributed by atoms with Gasteiger partial charge in [0.15, 0.2) is 11.0 Å². The van der Waals surface area contributed by atoms with E-state index in [1.54, 1.807) is 0 Å². The molecule has 2 rings (SSSR count). The molecule has 1 aromatic heterocycles. The third-order valence-electron chi connectivity index (χ3n) is 2.60. The maximum atomic E-state index is 5.96. The Hall–Kier alpha value is -0.350. The van der Waals surface area contributed by atoms with Crippen molar-refractivity contribution in [3.63, 3.8) is 0 Å². The first kappa shape index (κ1) is 10.2. The van der Waals surface area contributed by atoms with E-state index >= 15 is 0 Å². The average Bonchev–Trinajstić information content (AvgIpc) is 2.49.